The minimum Gasteiger partial charge on any atom is -0.324 e. The highest BCUT2D eigenvalue weighted by Crippen LogP contribution is 2.28. The van der Waals surface area contributed by atoms with E-state index in [2.05, 4.69) is 28.6 Å². The third-order valence-corrected chi connectivity index (χ3v) is 3.24. The Kier molecular flexibility index (Phi) is 4.22. The minimum absolute atomic E-state index is 0.378. The lowest BCUT2D eigenvalue weighted by Gasteiger charge is -2.13. The third kappa shape index (κ3) is 2.96. The van der Waals surface area contributed by atoms with Gasteiger partial charge in [-0.15, -0.1) is 10.2 Å². The van der Waals surface area contributed by atoms with Crippen LogP contribution in [0.2, 0.25) is 5.02 Å². The molecule has 2 rings (SSSR count). The lowest BCUT2D eigenvalue weighted by atomic mass is 10.1. The summed E-state index contributed by atoms with van der Waals surface area (Å²) in [7, 11) is 0. The van der Waals surface area contributed by atoms with Crippen LogP contribution in [0.25, 0.3) is 11.4 Å². The molecule has 0 fully saturated rings. The van der Waals surface area contributed by atoms with Crippen molar-refractivity contribution in [1.82, 2.24) is 14.8 Å². The van der Waals surface area contributed by atoms with E-state index in [0.717, 1.165) is 29.3 Å². The average Bonchev–Trinajstić information content (AvgIpc) is 2.71. The Balaban J connectivity index is 2.52. The molecule has 0 radical (unpaired) electrons. The van der Waals surface area contributed by atoms with Crippen LogP contribution < -0.4 is 5.73 Å². The zero-order valence-electron chi connectivity index (χ0n) is 11.5. The summed E-state index contributed by atoms with van der Waals surface area (Å²) < 4.78 is 2.06. The van der Waals surface area contributed by atoms with Gasteiger partial charge in [0.05, 0.1) is 11.6 Å². The molecule has 0 bridgehead atoms. The van der Waals surface area contributed by atoms with Crippen LogP contribution in [0, 0.1) is 12.8 Å². The van der Waals surface area contributed by atoms with Crippen molar-refractivity contribution in [3.63, 3.8) is 0 Å². The van der Waals surface area contributed by atoms with Crippen molar-refractivity contribution in [2.75, 3.05) is 0 Å². The van der Waals surface area contributed by atoms with E-state index < -0.39 is 0 Å². The summed E-state index contributed by atoms with van der Waals surface area (Å²) in [6.45, 7) is 7.53. The average molecular weight is 279 g/mol. The van der Waals surface area contributed by atoms with Crippen molar-refractivity contribution in [3.05, 3.63) is 34.6 Å². The Hall–Kier alpha value is -1.39. The molecule has 0 aliphatic carbocycles. The van der Waals surface area contributed by atoms with Gasteiger partial charge in [-0.1, -0.05) is 31.5 Å². The minimum atomic E-state index is 0.378. The zero-order valence-corrected chi connectivity index (χ0v) is 12.3. The van der Waals surface area contributed by atoms with E-state index in [1.54, 1.807) is 0 Å². The molecule has 5 heteroatoms. The molecular formula is C14H19ClN4. The Morgan fingerprint density at radius 3 is 2.63 bits per heavy atom. The number of benzene rings is 1. The summed E-state index contributed by atoms with van der Waals surface area (Å²) in [6, 6.07) is 5.95. The molecule has 0 aliphatic heterocycles. The number of halogens is 1. The molecule has 0 aliphatic rings. The highest BCUT2D eigenvalue weighted by Gasteiger charge is 2.16. The summed E-state index contributed by atoms with van der Waals surface area (Å²) in [4.78, 5) is 0. The normalized spacial score (nSPS) is 11.3. The van der Waals surface area contributed by atoms with Gasteiger partial charge in [0.2, 0.25) is 0 Å². The Morgan fingerprint density at radius 1 is 1.32 bits per heavy atom. The number of nitrogens with zero attached hydrogens (tertiary/aromatic N) is 3. The van der Waals surface area contributed by atoms with Crippen LogP contribution in [0.15, 0.2) is 18.2 Å². The second-order valence-electron chi connectivity index (χ2n) is 5.13. The molecule has 102 valence electrons. The second-order valence-corrected chi connectivity index (χ2v) is 5.54. The molecule has 19 heavy (non-hydrogen) atoms. The lowest BCUT2D eigenvalue weighted by molar-refractivity contribution is 0.510. The Bertz CT molecular complexity index is 575. The summed E-state index contributed by atoms with van der Waals surface area (Å²) in [6.07, 6.45) is 0. The monoisotopic (exact) mass is 278 g/mol. The predicted octanol–water partition coefficient (Wildman–Crippen LogP) is 3.02. The molecule has 4 nitrogen and oxygen atoms in total. The van der Waals surface area contributed by atoms with Gasteiger partial charge in [-0.3, -0.25) is 0 Å². The van der Waals surface area contributed by atoms with E-state index in [4.69, 9.17) is 17.3 Å². The molecule has 0 spiro atoms. The summed E-state index contributed by atoms with van der Waals surface area (Å²) in [5, 5.41) is 9.10. The second kappa shape index (κ2) is 5.72. The van der Waals surface area contributed by atoms with Gasteiger partial charge in [0.1, 0.15) is 5.82 Å². The molecule has 2 aromatic rings. The molecule has 0 saturated carbocycles. The van der Waals surface area contributed by atoms with Gasteiger partial charge >= 0.3 is 0 Å². The maximum Gasteiger partial charge on any atom is 0.165 e. The molecule has 1 aromatic carbocycles. The quantitative estimate of drug-likeness (QED) is 0.935. The topological polar surface area (TPSA) is 56.7 Å². The van der Waals surface area contributed by atoms with Gasteiger partial charge < -0.3 is 10.3 Å². The molecule has 0 unspecified atom stereocenters. The van der Waals surface area contributed by atoms with Crippen molar-refractivity contribution >= 4 is 11.6 Å². The highest BCUT2D eigenvalue weighted by atomic mass is 35.5. The molecule has 2 N–H and O–H groups in total. The van der Waals surface area contributed by atoms with E-state index in [9.17, 15) is 0 Å². The van der Waals surface area contributed by atoms with Crippen molar-refractivity contribution in [2.45, 2.75) is 33.9 Å². The number of aromatic nitrogens is 3. The molecule has 0 amide bonds. The lowest BCUT2D eigenvalue weighted by Crippen LogP contribution is -2.13. The van der Waals surface area contributed by atoms with Crippen LogP contribution in [0.3, 0.4) is 0 Å². The number of hydrogen-bond donors (Lipinski definition) is 1. The summed E-state index contributed by atoms with van der Waals surface area (Å²) >= 11 is 6.31. The highest BCUT2D eigenvalue weighted by molar-refractivity contribution is 6.33. The fourth-order valence-corrected chi connectivity index (χ4v) is 2.36. The van der Waals surface area contributed by atoms with E-state index >= 15 is 0 Å². The van der Waals surface area contributed by atoms with E-state index in [1.165, 1.54) is 0 Å². The first-order valence-corrected chi connectivity index (χ1v) is 6.79. The number of nitrogens with two attached hydrogens (primary N) is 1. The fraction of sp³-hybridized carbons (Fsp3) is 0.429. The molecule has 1 aromatic heterocycles. The van der Waals surface area contributed by atoms with Gasteiger partial charge in [-0.25, -0.2) is 0 Å². The van der Waals surface area contributed by atoms with Gasteiger partial charge in [0.15, 0.2) is 5.82 Å². The molecule has 1 heterocycles. The largest absolute Gasteiger partial charge is 0.324 e. The van der Waals surface area contributed by atoms with Crippen LogP contribution in [0.1, 0.15) is 25.2 Å². The van der Waals surface area contributed by atoms with Crippen LogP contribution in [-0.2, 0) is 13.1 Å². The van der Waals surface area contributed by atoms with Crippen molar-refractivity contribution in [2.24, 2.45) is 11.7 Å². The maximum absolute atomic E-state index is 6.31. The van der Waals surface area contributed by atoms with E-state index in [1.807, 2.05) is 25.1 Å². The van der Waals surface area contributed by atoms with Crippen molar-refractivity contribution in [1.29, 1.82) is 0 Å². The van der Waals surface area contributed by atoms with Crippen LogP contribution in [0.4, 0.5) is 0 Å². The maximum atomic E-state index is 6.31. The van der Waals surface area contributed by atoms with Crippen molar-refractivity contribution in [3.8, 4) is 11.4 Å². The number of hydrogen-bond acceptors (Lipinski definition) is 3. The standard InChI is InChI=1S/C14H19ClN4/c1-9(2)8-19-13(7-16)17-18-14(19)11-5-4-10(3)6-12(11)15/h4-6,9H,7-8,16H2,1-3H3. The van der Waals surface area contributed by atoms with Gasteiger partial charge in [-0.05, 0) is 30.5 Å². The SMILES string of the molecule is Cc1ccc(-c2nnc(CN)n2CC(C)C)c(Cl)c1. The van der Waals surface area contributed by atoms with Gasteiger partial charge in [-0.2, -0.15) is 0 Å². The molecular weight excluding hydrogens is 260 g/mol. The van der Waals surface area contributed by atoms with Crippen LogP contribution in [0.5, 0.6) is 0 Å². The van der Waals surface area contributed by atoms with Gasteiger partial charge in [0.25, 0.3) is 0 Å². The zero-order chi connectivity index (χ0) is 14.0. The Morgan fingerprint density at radius 2 is 2.05 bits per heavy atom. The van der Waals surface area contributed by atoms with Crippen LogP contribution in [-0.4, -0.2) is 14.8 Å². The smallest absolute Gasteiger partial charge is 0.165 e. The number of aryl methyl sites for hydroxylation is 1. The summed E-state index contributed by atoms with van der Waals surface area (Å²) in [5.74, 6) is 2.07. The first-order valence-electron chi connectivity index (χ1n) is 6.41. The Labute approximate surface area is 118 Å². The first kappa shape index (κ1) is 14.0. The third-order valence-electron chi connectivity index (χ3n) is 2.92. The van der Waals surface area contributed by atoms with Crippen LogP contribution >= 0.6 is 11.6 Å². The fourth-order valence-electron chi connectivity index (χ4n) is 2.04. The van der Waals surface area contributed by atoms with E-state index in [0.29, 0.717) is 17.5 Å². The predicted molar refractivity (Wildman–Crippen MR) is 77.9 cm³/mol. The summed E-state index contributed by atoms with van der Waals surface area (Å²) in [5.41, 5.74) is 7.75. The number of rotatable bonds is 4. The van der Waals surface area contributed by atoms with E-state index in [-0.39, 0.29) is 0 Å². The van der Waals surface area contributed by atoms with Crippen molar-refractivity contribution < 1.29 is 0 Å². The van der Waals surface area contributed by atoms with Gasteiger partial charge in [0, 0.05) is 12.1 Å². The molecule has 0 saturated heterocycles. The first-order chi connectivity index (χ1) is 9.02. The molecule has 0 atom stereocenters.